The average molecular weight is 440 g/mol. The number of amides is 4. The van der Waals surface area contributed by atoms with E-state index < -0.39 is 12.1 Å². The van der Waals surface area contributed by atoms with Crippen LogP contribution in [0.3, 0.4) is 0 Å². The predicted octanol–water partition coefficient (Wildman–Crippen LogP) is 3.42. The lowest BCUT2D eigenvalue weighted by Crippen LogP contribution is -2.35. The molecule has 2 N–H and O–H groups in total. The molecule has 170 valence electrons. The Morgan fingerprint density at radius 2 is 1.75 bits per heavy atom. The predicted molar refractivity (Wildman–Crippen MR) is 121 cm³/mol. The number of para-hydroxylation sites is 1. The Kier molecular flexibility index (Phi) is 7.35. The lowest BCUT2D eigenvalue weighted by Gasteiger charge is -2.24. The topological polar surface area (TPSA) is 97.0 Å². The minimum atomic E-state index is -0.730. The van der Waals surface area contributed by atoms with Gasteiger partial charge in [-0.3, -0.25) is 9.59 Å². The van der Waals surface area contributed by atoms with Gasteiger partial charge >= 0.3 is 6.03 Å². The first-order chi connectivity index (χ1) is 15.3. The van der Waals surface area contributed by atoms with Crippen molar-refractivity contribution in [3.63, 3.8) is 0 Å². The molecule has 1 aliphatic heterocycles. The molecule has 0 radical (unpaired) electrons. The van der Waals surface area contributed by atoms with Gasteiger partial charge in [-0.1, -0.05) is 38.1 Å². The van der Waals surface area contributed by atoms with Crippen molar-refractivity contribution in [2.75, 3.05) is 19.1 Å². The fraction of sp³-hybridized carbons (Fsp3) is 0.375. The zero-order valence-electron chi connectivity index (χ0n) is 18.8. The summed E-state index contributed by atoms with van der Waals surface area (Å²) in [6.07, 6.45) is 0.326. The Balaban J connectivity index is 1.63. The summed E-state index contributed by atoms with van der Waals surface area (Å²) in [6.45, 7) is 4.03. The number of hydrogen-bond acceptors (Lipinski definition) is 5. The maximum absolute atomic E-state index is 12.7. The molecular weight excluding hydrogens is 410 g/mol. The van der Waals surface area contributed by atoms with Crippen molar-refractivity contribution in [2.45, 2.75) is 38.8 Å². The molecule has 8 nitrogen and oxygen atoms in total. The van der Waals surface area contributed by atoms with E-state index in [2.05, 4.69) is 10.6 Å². The smallest absolute Gasteiger partial charge is 0.329 e. The Bertz CT molecular complexity index is 977. The highest BCUT2D eigenvalue weighted by atomic mass is 16.5. The van der Waals surface area contributed by atoms with Gasteiger partial charge in [0.05, 0.1) is 25.9 Å². The van der Waals surface area contributed by atoms with E-state index in [-0.39, 0.29) is 36.6 Å². The zero-order valence-corrected chi connectivity index (χ0v) is 18.8. The van der Waals surface area contributed by atoms with Crippen LogP contribution in [0, 0.1) is 5.92 Å². The number of ether oxygens (including phenoxy) is 2. The molecule has 1 saturated heterocycles. The number of methoxy groups -OCH3 is 2. The summed E-state index contributed by atoms with van der Waals surface area (Å²) >= 11 is 0. The maximum Gasteiger partial charge on any atom is 0.329 e. The second-order valence-electron chi connectivity index (χ2n) is 7.95. The second kappa shape index (κ2) is 10.2. The normalized spacial score (nSPS) is 16.7. The van der Waals surface area contributed by atoms with Crippen LogP contribution in [0.1, 0.15) is 38.3 Å². The van der Waals surface area contributed by atoms with Gasteiger partial charge in [0.25, 0.3) is 5.91 Å². The summed E-state index contributed by atoms with van der Waals surface area (Å²) in [7, 11) is 3.14. The first-order valence-corrected chi connectivity index (χ1v) is 10.6. The van der Waals surface area contributed by atoms with Crippen molar-refractivity contribution < 1.29 is 23.9 Å². The zero-order chi connectivity index (χ0) is 23.3. The van der Waals surface area contributed by atoms with Crippen LogP contribution in [0.25, 0.3) is 0 Å². The largest absolute Gasteiger partial charge is 0.493 e. The molecule has 8 heteroatoms. The molecule has 0 bridgehead atoms. The molecule has 0 aromatic heterocycles. The fourth-order valence-corrected chi connectivity index (χ4v) is 3.75. The molecule has 2 aromatic carbocycles. The van der Waals surface area contributed by atoms with Crippen molar-refractivity contribution in [1.29, 1.82) is 0 Å². The van der Waals surface area contributed by atoms with Gasteiger partial charge in [-0.2, -0.15) is 0 Å². The standard InChI is InChI=1S/C24H29N3O5/c1-15(2)22(16-10-12-19(31-3)20(14-16)32-4)26-21(28)13-11-18-23(29)27(24(30)25-18)17-8-6-5-7-9-17/h5-10,12,14-15,18,22H,11,13H2,1-4H3,(H,25,30)(H,26,28). The van der Waals surface area contributed by atoms with Crippen LogP contribution in [0.4, 0.5) is 10.5 Å². The molecular formula is C24H29N3O5. The molecule has 4 amide bonds. The summed E-state index contributed by atoms with van der Waals surface area (Å²) in [6, 6.07) is 12.8. The van der Waals surface area contributed by atoms with Crippen LogP contribution in [0.2, 0.25) is 0 Å². The van der Waals surface area contributed by atoms with Gasteiger partial charge in [-0.05, 0) is 42.2 Å². The van der Waals surface area contributed by atoms with E-state index in [0.29, 0.717) is 17.2 Å². The molecule has 3 rings (SSSR count). The molecule has 1 aliphatic rings. The Morgan fingerprint density at radius 1 is 1.06 bits per heavy atom. The van der Waals surface area contributed by atoms with Crippen molar-refractivity contribution in [2.24, 2.45) is 5.92 Å². The third kappa shape index (κ3) is 5.01. The highest BCUT2D eigenvalue weighted by molar-refractivity contribution is 6.21. The number of anilines is 1. The Hall–Kier alpha value is -3.55. The first kappa shape index (κ1) is 23.1. The van der Waals surface area contributed by atoms with E-state index in [1.165, 1.54) is 0 Å². The molecule has 0 spiro atoms. The van der Waals surface area contributed by atoms with Gasteiger partial charge in [-0.15, -0.1) is 0 Å². The van der Waals surface area contributed by atoms with Crippen molar-refractivity contribution in [3.05, 3.63) is 54.1 Å². The summed E-state index contributed by atoms with van der Waals surface area (Å²) in [5.41, 5.74) is 1.40. The Morgan fingerprint density at radius 3 is 2.38 bits per heavy atom. The Labute approximate surface area is 187 Å². The van der Waals surface area contributed by atoms with Crippen molar-refractivity contribution in [3.8, 4) is 11.5 Å². The van der Waals surface area contributed by atoms with E-state index in [1.54, 1.807) is 44.6 Å². The van der Waals surface area contributed by atoms with Crippen LogP contribution in [0.5, 0.6) is 11.5 Å². The second-order valence-corrected chi connectivity index (χ2v) is 7.95. The third-order valence-electron chi connectivity index (χ3n) is 5.44. The van der Waals surface area contributed by atoms with E-state index >= 15 is 0 Å². The van der Waals surface area contributed by atoms with Crippen LogP contribution >= 0.6 is 0 Å². The third-order valence-corrected chi connectivity index (χ3v) is 5.44. The van der Waals surface area contributed by atoms with Crippen molar-refractivity contribution >= 4 is 23.5 Å². The van der Waals surface area contributed by atoms with E-state index in [9.17, 15) is 14.4 Å². The van der Waals surface area contributed by atoms with Gasteiger partial charge in [0.2, 0.25) is 5.91 Å². The lowest BCUT2D eigenvalue weighted by molar-refractivity contribution is -0.122. The molecule has 1 fully saturated rings. The first-order valence-electron chi connectivity index (χ1n) is 10.6. The number of imide groups is 1. The van der Waals surface area contributed by atoms with Crippen molar-refractivity contribution in [1.82, 2.24) is 10.6 Å². The molecule has 2 unspecified atom stereocenters. The number of carbonyl (C=O) groups is 3. The number of rotatable bonds is 9. The molecule has 32 heavy (non-hydrogen) atoms. The van der Waals surface area contributed by atoms with Gasteiger partial charge in [0.15, 0.2) is 11.5 Å². The van der Waals surface area contributed by atoms with E-state index in [1.807, 2.05) is 32.0 Å². The summed E-state index contributed by atoms with van der Waals surface area (Å²) < 4.78 is 10.7. The number of carbonyl (C=O) groups excluding carboxylic acids is 3. The van der Waals surface area contributed by atoms with Crippen LogP contribution in [0.15, 0.2) is 48.5 Å². The average Bonchev–Trinajstić information content (AvgIpc) is 3.08. The maximum atomic E-state index is 12.7. The minimum absolute atomic E-state index is 0.107. The molecule has 2 aromatic rings. The number of nitrogens with zero attached hydrogens (tertiary/aromatic N) is 1. The highest BCUT2D eigenvalue weighted by Crippen LogP contribution is 2.32. The van der Waals surface area contributed by atoms with E-state index in [4.69, 9.17) is 9.47 Å². The number of urea groups is 1. The number of hydrogen-bond donors (Lipinski definition) is 2. The van der Waals surface area contributed by atoms with Crippen LogP contribution in [-0.2, 0) is 9.59 Å². The summed E-state index contributed by atoms with van der Waals surface area (Å²) in [5, 5.41) is 5.71. The van der Waals surface area contributed by atoms with Gasteiger partial charge in [0, 0.05) is 6.42 Å². The van der Waals surface area contributed by atoms with Gasteiger partial charge in [-0.25, -0.2) is 9.69 Å². The SMILES string of the molecule is COc1ccc(C(NC(=O)CCC2NC(=O)N(c3ccccc3)C2=O)C(C)C)cc1OC. The molecule has 2 atom stereocenters. The van der Waals surface area contributed by atoms with Gasteiger partial charge in [0.1, 0.15) is 6.04 Å². The lowest BCUT2D eigenvalue weighted by atomic mass is 9.95. The number of nitrogens with one attached hydrogen (secondary N) is 2. The summed E-state index contributed by atoms with van der Waals surface area (Å²) in [4.78, 5) is 38.8. The van der Waals surface area contributed by atoms with E-state index in [0.717, 1.165) is 10.5 Å². The molecule has 1 heterocycles. The minimum Gasteiger partial charge on any atom is -0.493 e. The summed E-state index contributed by atoms with van der Waals surface area (Å²) in [5.74, 6) is 0.778. The quantitative estimate of drug-likeness (QED) is 0.584. The van der Waals surface area contributed by atoms with Crippen LogP contribution < -0.4 is 25.0 Å². The highest BCUT2D eigenvalue weighted by Gasteiger charge is 2.39. The molecule has 0 saturated carbocycles. The molecule has 0 aliphatic carbocycles. The number of benzene rings is 2. The van der Waals surface area contributed by atoms with Crippen LogP contribution in [-0.4, -0.2) is 38.1 Å². The van der Waals surface area contributed by atoms with Gasteiger partial charge < -0.3 is 20.1 Å². The fourth-order valence-electron chi connectivity index (χ4n) is 3.75. The monoisotopic (exact) mass is 439 g/mol.